The summed E-state index contributed by atoms with van der Waals surface area (Å²) >= 11 is 0. The number of aromatic amines is 1. The number of likely N-dealkylation sites (tertiary alicyclic amines) is 1. The average Bonchev–Trinajstić information content (AvgIpc) is 3.48. The number of hydrogen-bond acceptors (Lipinski definition) is 5. The molecule has 1 unspecified atom stereocenters. The predicted octanol–water partition coefficient (Wildman–Crippen LogP) is 1.79. The normalized spacial score (nSPS) is 21.8. The first-order valence-corrected chi connectivity index (χ1v) is 9.98. The summed E-state index contributed by atoms with van der Waals surface area (Å²) in [5, 5.41) is 14.1. The lowest BCUT2D eigenvalue weighted by molar-refractivity contribution is 0.242. The maximum Gasteiger partial charge on any atom is 0.216 e. The van der Waals surface area contributed by atoms with Gasteiger partial charge in [-0.25, -0.2) is 4.98 Å². The largest absolute Gasteiger partial charge is 0.461 e. The van der Waals surface area contributed by atoms with Crippen molar-refractivity contribution in [3.05, 3.63) is 24.2 Å². The van der Waals surface area contributed by atoms with Crippen LogP contribution < -0.4 is 10.6 Å². The van der Waals surface area contributed by atoms with Crippen LogP contribution in [-0.2, 0) is 6.42 Å². The molecular weight excluding hydrogens is 342 g/mol. The van der Waals surface area contributed by atoms with Gasteiger partial charge in [0, 0.05) is 45.2 Å². The minimum Gasteiger partial charge on any atom is -0.461 e. The summed E-state index contributed by atoms with van der Waals surface area (Å²) in [7, 11) is 1.82. The molecule has 1 atom stereocenters. The Hall–Kier alpha value is -2.35. The minimum absolute atomic E-state index is 0.479. The highest BCUT2D eigenvalue weighted by Crippen LogP contribution is 2.26. The number of furan rings is 1. The number of hydrogen-bond donors (Lipinski definition) is 3. The Labute approximate surface area is 159 Å². The zero-order valence-corrected chi connectivity index (χ0v) is 15.9. The Morgan fingerprint density at radius 2 is 2.26 bits per heavy atom. The van der Waals surface area contributed by atoms with Gasteiger partial charge in [0.2, 0.25) is 5.82 Å². The Morgan fingerprint density at radius 1 is 1.37 bits per heavy atom. The molecule has 0 aromatic carbocycles. The molecule has 2 aromatic heterocycles. The van der Waals surface area contributed by atoms with Crippen LogP contribution in [0.1, 0.15) is 37.9 Å². The van der Waals surface area contributed by atoms with Gasteiger partial charge >= 0.3 is 0 Å². The summed E-state index contributed by atoms with van der Waals surface area (Å²) in [5.74, 6) is 2.96. The summed E-state index contributed by atoms with van der Waals surface area (Å²) in [4.78, 5) is 11.5. The first kappa shape index (κ1) is 18.0. The first-order valence-electron chi connectivity index (χ1n) is 9.98. The van der Waals surface area contributed by atoms with Crippen molar-refractivity contribution in [2.24, 2.45) is 4.99 Å². The molecule has 4 rings (SSSR count). The van der Waals surface area contributed by atoms with E-state index in [0.717, 1.165) is 37.3 Å². The number of nitrogens with zero attached hydrogens (tertiary/aromatic N) is 4. The average molecular weight is 371 g/mol. The van der Waals surface area contributed by atoms with Crippen LogP contribution >= 0.6 is 0 Å². The molecule has 27 heavy (non-hydrogen) atoms. The van der Waals surface area contributed by atoms with Crippen molar-refractivity contribution in [2.45, 2.75) is 50.6 Å². The molecule has 1 saturated heterocycles. The fourth-order valence-corrected chi connectivity index (χ4v) is 4.12. The lowest BCUT2D eigenvalue weighted by Gasteiger charge is -2.24. The van der Waals surface area contributed by atoms with Crippen LogP contribution in [0.2, 0.25) is 0 Å². The van der Waals surface area contributed by atoms with Crippen molar-refractivity contribution in [3.8, 4) is 11.6 Å². The van der Waals surface area contributed by atoms with E-state index in [1.54, 1.807) is 6.26 Å². The molecule has 2 aliphatic rings. The molecule has 1 saturated carbocycles. The van der Waals surface area contributed by atoms with Gasteiger partial charge in [-0.05, 0) is 31.4 Å². The lowest BCUT2D eigenvalue weighted by Crippen LogP contribution is -2.45. The van der Waals surface area contributed by atoms with E-state index < -0.39 is 0 Å². The number of aromatic nitrogens is 3. The summed E-state index contributed by atoms with van der Waals surface area (Å²) in [6.45, 7) is 3.07. The number of guanidine groups is 1. The summed E-state index contributed by atoms with van der Waals surface area (Å²) in [5.41, 5.74) is 0. The van der Waals surface area contributed by atoms with Gasteiger partial charge in [-0.15, -0.1) is 0 Å². The molecule has 1 aliphatic carbocycles. The molecule has 2 aromatic rings. The highest BCUT2D eigenvalue weighted by Gasteiger charge is 2.30. The van der Waals surface area contributed by atoms with E-state index >= 15 is 0 Å². The van der Waals surface area contributed by atoms with Crippen LogP contribution in [0.5, 0.6) is 0 Å². The first-order chi connectivity index (χ1) is 13.3. The molecular formula is C19H29N7O. The molecule has 2 fully saturated rings. The van der Waals surface area contributed by atoms with Crippen LogP contribution in [0.3, 0.4) is 0 Å². The second-order valence-electron chi connectivity index (χ2n) is 7.40. The molecule has 0 bridgehead atoms. The van der Waals surface area contributed by atoms with E-state index in [1.165, 1.54) is 38.6 Å². The third-order valence-electron chi connectivity index (χ3n) is 5.55. The molecule has 0 spiro atoms. The minimum atomic E-state index is 0.479. The fourth-order valence-electron chi connectivity index (χ4n) is 4.12. The highest BCUT2D eigenvalue weighted by molar-refractivity contribution is 5.80. The van der Waals surface area contributed by atoms with Gasteiger partial charge in [-0.1, -0.05) is 12.8 Å². The molecule has 0 amide bonds. The van der Waals surface area contributed by atoms with Crippen molar-refractivity contribution in [1.82, 2.24) is 30.7 Å². The number of aliphatic imine (C=N–C) groups is 1. The van der Waals surface area contributed by atoms with Crippen molar-refractivity contribution in [3.63, 3.8) is 0 Å². The van der Waals surface area contributed by atoms with E-state index in [9.17, 15) is 0 Å². The topological polar surface area (TPSA) is 94.4 Å². The Bertz CT molecular complexity index is 733. The number of rotatable bonds is 6. The SMILES string of the molecule is CN=C(NCCc1nc(-c2ccco2)n[nH]1)NC1CCN(C2CCCC2)C1. The van der Waals surface area contributed by atoms with Crippen molar-refractivity contribution < 1.29 is 4.42 Å². The molecule has 146 valence electrons. The third kappa shape index (κ3) is 4.50. The summed E-state index contributed by atoms with van der Waals surface area (Å²) in [6.07, 6.45) is 9.09. The van der Waals surface area contributed by atoms with Crippen LogP contribution in [0.15, 0.2) is 27.8 Å². The van der Waals surface area contributed by atoms with E-state index in [0.29, 0.717) is 17.6 Å². The van der Waals surface area contributed by atoms with Crippen LogP contribution in [0.4, 0.5) is 0 Å². The van der Waals surface area contributed by atoms with Gasteiger partial charge in [-0.2, -0.15) is 5.10 Å². The van der Waals surface area contributed by atoms with Crippen molar-refractivity contribution >= 4 is 5.96 Å². The highest BCUT2D eigenvalue weighted by atomic mass is 16.3. The van der Waals surface area contributed by atoms with E-state index in [4.69, 9.17) is 4.42 Å². The quantitative estimate of drug-likeness (QED) is 0.529. The Kier molecular flexibility index (Phi) is 5.72. The van der Waals surface area contributed by atoms with Gasteiger partial charge in [0.1, 0.15) is 5.82 Å². The van der Waals surface area contributed by atoms with Crippen LogP contribution in [-0.4, -0.2) is 64.8 Å². The fraction of sp³-hybridized carbons (Fsp3) is 0.632. The molecule has 8 heteroatoms. The maximum absolute atomic E-state index is 5.32. The van der Waals surface area contributed by atoms with Gasteiger partial charge in [0.05, 0.1) is 6.26 Å². The maximum atomic E-state index is 5.32. The standard InChI is InChI=1S/C19H29N7O/c1-20-19(22-14-9-11-26(13-14)15-5-2-3-6-15)21-10-8-17-23-18(25-24-17)16-7-4-12-27-16/h4,7,12,14-15H,2-3,5-6,8-11,13H2,1H3,(H2,20,21,22)(H,23,24,25). The Morgan fingerprint density at radius 3 is 3.04 bits per heavy atom. The second-order valence-corrected chi connectivity index (χ2v) is 7.40. The zero-order chi connectivity index (χ0) is 18.5. The molecule has 1 aliphatic heterocycles. The van der Waals surface area contributed by atoms with Crippen LogP contribution in [0.25, 0.3) is 11.6 Å². The Balaban J connectivity index is 1.21. The zero-order valence-electron chi connectivity index (χ0n) is 15.9. The number of H-pyrrole nitrogens is 1. The second kappa shape index (κ2) is 8.56. The molecule has 3 heterocycles. The van der Waals surface area contributed by atoms with Crippen molar-refractivity contribution in [1.29, 1.82) is 0 Å². The van der Waals surface area contributed by atoms with Gasteiger partial charge in [0.25, 0.3) is 0 Å². The molecule has 8 nitrogen and oxygen atoms in total. The smallest absolute Gasteiger partial charge is 0.216 e. The lowest BCUT2D eigenvalue weighted by atomic mass is 10.2. The van der Waals surface area contributed by atoms with Crippen LogP contribution in [0, 0.1) is 0 Å². The van der Waals surface area contributed by atoms with Crippen molar-refractivity contribution in [2.75, 3.05) is 26.7 Å². The molecule has 0 radical (unpaired) electrons. The van der Waals surface area contributed by atoms with E-state index in [-0.39, 0.29) is 0 Å². The molecule has 3 N–H and O–H groups in total. The third-order valence-corrected chi connectivity index (χ3v) is 5.55. The van der Waals surface area contributed by atoms with Gasteiger partial charge < -0.3 is 15.1 Å². The summed E-state index contributed by atoms with van der Waals surface area (Å²) < 4.78 is 5.32. The van der Waals surface area contributed by atoms with E-state index in [1.807, 2.05) is 19.2 Å². The van der Waals surface area contributed by atoms with E-state index in [2.05, 4.69) is 35.7 Å². The monoisotopic (exact) mass is 371 g/mol. The van der Waals surface area contributed by atoms with Gasteiger partial charge in [0.15, 0.2) is 11.7 Å². The van der Waals surface area contributed by atoms with Gasteiger partial charge in [-0.3, -0.25) is 15.0 Å². The predicted molar refractivity (Wildman–Crippen MR) is 105 cm³/mol. The number of nitrogens with one attached hydrogen (secondary N) is 3. The summed E-state index contributed by atoms with van der Waals surface area (Å²) in [6, 6.07) is 4.97.